The third-order valence-corrected chi connectivity index (χ3v) is 2.90. The molecule has 0 amide bonds. The number of pyridine rings is 1. The molecule has 0 aliphatic carbocycles. The van der Waals surface area contributed by atoms with E-state index >= 15 is 0 Å². The van der Waals surface area contributed by atoms with Crippen LogP contribution in [0, 0.1) is 0 Å². The lowest BCUT2D eigenvalue weighted by Crippen LogP contribution is -2.11. The Morgan fingerprint density at radius 3 is 2.24 bits per heavy atom. The van der Waals surface area contributed by atoms with E-state index in [4.69, 9.17) is 5.11 Å². The van der Waals surface area contributed by atoms with Gasteiger partial charge >= 0.3 is 6.18 Å². The summed E-state index contributed by atoms with van der Waals surface area (Å²) in [6.45, 7) is 3.05. The monoisotopic (exact) mass is 305 g/mol. The molecule has 0 atom stereocenters. The van der Waals surface area contributed by atoms with Gasteiger partial charge in [0, 0.05) is 19.7 Å². The van der Waals surface area contributed by atoms with Crippen molar-refractivity contribution >= 4 is 11.6 Å². The number of unbranched alkanes of at least 4 members (excludes halogenated alkanes) is 3. The Labute approximate surface area is 122 Å². The van der Waals surface area contributed by atoms with Crippen molar-refractivity contribution in [3.05, 3.63) is 17.7 Å². The Morgan fingerprint density at radius 2 is 1.67 bits per heavy atom. The van der Waals surface area contributed by atoms with Gasteiger partial charge < -0.3 is 15.7 Å². The number of aliphatic hydroxyl groups excluding tert-OH is 1. The van der Waals surface area contributed by atoms with Gasteiger partial charge in [-0.2, -0.15) is 13.2 Å². The zero-order valence-electron chi connectivity index (χ0n) is 12.1. The molecule has 0 radical (unpaired) electrons. The van der Waals surface area contributed by atoms with Crippen molar-refractivity contribution < 1.29 is 18.3 Å². The first kappa shape index (κ1) is 17.6. The lowest BCUT2D eigenvalue weighted by molar-refractivity contribution is -0.137. The van der Waals surface area contributed by atoms with Crippen LogP contribution in [-0.2, 0) is 6.18 Å². The van der Waals surface area contributed by atoms with E-state index in [2.05, 4.69) is 15.6 Å². The summed E-state index contributed by atoms with van der Waals surface area (Å²) in [6, 6.07) is 2.03. The molecule has 3 N–H and O–H groups in total. The average Bonchev–Trinajstić information content (AvgIpc) is 2.42. The maximum absolute atomic E-state index is 12.8. The Hall–Kier alpha value is -1.50. The molecule has 0 unspecified atom stereocenters. The number of rotatable bonds is 9. The molecule has 1 aromatic heterocycles. The molecule has 7 heteroatoms. The fraction of sp³-hybridized carbons (Fsp3) is 0.643. The molecule has 1 aromatic rings. The zero-order chi connectivity index (χ0) is 15.7. The quantitative estimate of drug-likeness (QED) is 0.611. The van der Waals surface area contributed by atoms with Gasteiger partial charge in [-0.3, -0.25) is 0 Å². The van der Waals surface area contributed by atoms with Crippen LogP contribution in [0.1, 0.15) is 38.2 Å². The van der Waals surface area contributed by atoms with E-state index < -0.39 is 11.7 Å². The third-order valence-electron chi connectivity index (χ3n) is 2.90. The molecular weight excluding hydrogens is 283 g/mol. The first-order valence-electron chi connectivity index (χ1n) is 7.15. The van der Waals surface area contributed by atoms with E-state index in [1.54, 1.807) is 6.92 Å². The molecule has 4 nitrogen and oxygen atoms in total. The molecule has 0 aliphatic heterocycles. The molecule has 0 aliphatic rings. The summed E-state index contributed by atoms with van der Waals surface area (Å²) in [4.78, 5) is 4.11. The van der Waals surface area contributed by atoms with Crippen molar-refractivity contribution in [2.75, 3.05) is 30.3 Å². The van der Waals surface area contributed by atoms with E-state index in [1.807, 2.05) is 0 Å². The molecule has 1 rings (SSSR count). The largest absolute Gasteiger partial charge is 0.416 e. The van der Waals surface area contributed by atoms with E-state index in [0.717, 1.165) is 37.8 Å². The lowest BCUT2D eigenvalue weighted by atomic mass is 10.2. The highest BCUT2D eigenvalue weighted by Gasteiger charge is 2.31. The molecule has 0 saturated heterocycles. The number of hydrogen-bond acceptors (Lipinski definition) is 4. The van der Waals surface area contributed by atoms with Gasteiger partial charge in [-0.15, -0.1) is 0 Å². The van der Waals surface area contributed by atoms with Crippen molar-refractivity contribution in [2.45, 2.75) is 38.8 Å². The second-order valence-electron chi connectivity index (χ2n) is 4.72. The third kappa shape index (κ3) is 6.66. The van der Waals surface area contributed by atoms with Crippen LogP contribution in [0.15, 0.2) is 12.1 Å². The summed E-state index contributed by atoms with van der Waals surface area (Å²) in [5, 5.41) is 14.4. The van der Waals surface area contributed by atoms with Gasteiger partial charge in [0.15, 0.2) is 0 Å². The van der Waals surface area contributed by atoms with Gasteiger partial charge in [-0.1, -0.05) is 12.8 Å². The summed E-state index contributed by atoms with van der Waals surface area (Å²) < 4.78 is 38.4. The first-order chi connectivity index (χ1) is 9.97. The second kappa shape index (κ2) is 8.71. The number of nitrogens with one attached hydrogen (secondary N) is 2. The number of nitrogens with zero attached hydrogens (tertiary/aromatic N) is 1. The van der Waals surface area contributed by atoms with Gasteiger partial charge in [0.25, 0.3) is 0 Å². The fourth-order valence-corrected chi connectivity index (χ4v) is 1.86. The van der Waals surface area contributed by atoms with Crippen LogP contribution in [0.5, 0.6) is 0 Å². The lowest BCUT2D eigenvalue weighted by Gasteiger charge is -2.13. The fourth-order valence-electron chi connectivity index (χ4n) is 1.86. The number of halogens is 3. The number of hydrogen-bond donors (Lipinski definition) is 3. The molecular formula is C14H22F3N3O. The topological polar surface area (TPSA) is 57.2 Å². The number of alkyl halides is 3. The Bertz CT molecular complexity index is 424. The normalized spacial score (nSPS) is 11.5. The summed E-state index contributed by atoms with van der Waals surface area (Å²) in [5.41, 5.74) is -0.712. The summed E-state index contributed by atoms with van der Waals surface area (Å²) in [6.07, 6.45) is -0.963. The summed E-state index contributed by atoms with van der Waals surface area (Å²) >= 11 is 0. The highest BCUT2D eigenvalue weighted by Crippen LogP contribution is 2.32. The maximum Gasteiger partial charge on any atom is 0.416 e. The summed E-state index contributed by atoms with van der Waals surface area (Å²) in [5.74, 6) is 0.443. The van der Waals surface area contributed by atoms with Gasteiger partial charge in [-0.25, -0.2) is 4.98 Å². The van der Waals surface area contributed by atoms with Gasteiger partial charge in [0.1, 0.15) is 11.6 Å². The Kier molecular flexibility index (Phi) is 7.28. The number of aromatic nitrogens is 1. The van der Waals surface area contributed by atoms with Crippen LogP contribution in [0.4, 0.5) is 24.8 Å². The van der Waals surface area contributed by atoms with Crippen LogP contribution < -0.4 is 10.6 Å². The van der Waals surface area contributed by atoms with E-state index in [1.165, 1.54) is 0 Å². The van der Waals surface area contributed by atoms with Gasteiger partial charge in [-0.05, 0) is 31.9 Å². The van der Waals surface area contributed by atoms with Crippen molar-refractivity contribution in [3.8, 4) is 0 Å². The SMILES string of the molecule is CCNc1cc(C(F)(F)F)cc(NCCCCCCO)n1. The van der Waals surface area contributed by atoms with Crippen LogP contribution in [0.25, 0.3) is 0 Å². The van der Waals surface area contributed by atoms with Gasteiger partial charge in [0.05, 0.1) is 5.56 Å². The molecule has 0 bridgehead atoms. The highest BCUT2D eigenvalue weighted by atomic mass is 19.4. The predicted molar refractivity (Wildman–Crippen MR) is 77.4 cm³/mol. The first-order valence-corrected chi connectivity index (χ1v) is 7.15. The molecule has 0 saturated carbocycles. The number of anilines is 2. The highest BCUT2D eigenvalue weighted by molar-refractivity contribution is 5.49. The Morgan fingerprint density at radius 1 is 1.05 bits per heavy atom. The standard InChI is InChI=1S/C14H22F3N3O/c1-2-18-12-9-11(14(15,16)17)10-13(20-12)19-7-5-3-4-6-8-21/h9-10,21H,2-8H2,1H3,(H2,18,19,20). The molecule has 0 fully saturated rings. The Balaban J connectivity index is 2.61. The molecule has 21 heavy (non-hydrogen) atoms. The van der Waals surface area contributed by atoms with Gasteiger partial charge in [0.2, 0.25) is 0 Å². The molecule has 0 spiro atoms. The van der Waals surface area contributed by atoms with E-state index in [-0.39, 0.29) is 18.2 Å². The molecule has 120 valence electrons. The molecule has 0 aromatic carbocycles. The van der Waals surface area contributed by atoms with Crippen molar-refractivity contribution in [2.24, 2.45) is 0 Å². The van der Waals surface area contributed by atoms with Crippen LogP contribution in [-0.4, -0.2) is 29.8 Å². The zero-order valence-corrected chi connectivity index (χ0v) is 12.1. The van der Waals surface area contributed by atoms with Crippen LogP contribution in [0.3, 0.4) is 0 Å². The van der Waals surface area contributed by atoms with E-state index in [9.17, 15) is 13.2 Å². The number of aliphatic hydroxyl groups is 1. The summed E-state index contributed by atoms with van der Waals surface area (Å²) in [7, 11) is 0. The van der Waals surface area contributed by atoms with Crippen molar-refractivity contribution in [3.63, 3.8) is 0 Å². The minimum Gasteiger partial charge on any atom is -0.396 e. The second-order valence-corrected chi connectivity index (χ2v) is 4.72. The average molecular weight is 305 g/mol. The smallest absolute Gasteiger partial charge is 0.396 e. The minimum absolute atomic E-state index is 0.175. The van der Waals surface area contributed by atoms with Crippen molar-refractivity contribution in [1.29, 1.82) is 0 Å². The maximum atomic E-state index is 12.8. The molecule has 1 heterocycles. The van der Waals surface area contributed by atoms with Crippen LogP contribution in [0.2, 0.25) is 0 Å². The minimum atomic E-state index is -4.38. The van der Waals surface area contributed by atoms with E-state index in [0.29, 0.717) is 13.1 Å². The predicted octanol–water partition coefficient (Wildman–Crippen LogP) is 3.50. The van der Waals surface area contributed by atoms with Crippen molar-refractivity contribution in [1.82, 2.24) is 4.98 Å². The van der Waals surface area contributed by atoms with Crippen LogP contribution >= 0.6 is 0 Å².